The van der Waals surface area contributed by atoms with E-state index in [0.29, 0.717) is 57.0 Å². The van der Waals surface area contributed by atoms with Crippen LogP contribution in [0.3, 0.4) is 0 Å². The van der Waals surface area contributed by atoms with E-state index in [-0.39, 0.29) is 11.9 Å². The van der Waals surface area contributed by atoms with Gasteiger partial charge in [-0.3, -0.25) is 15.0 Å². The van der Waals surface area contributed by atoms with Crippen LogP contribution in [0.15, 0.2) is 0 Å². The number of hydrogen-bond donors (Lipinski definition) is 1. The van der Waals surface area contributed by atoms with E-state index in [1.54, 1.807) is 4.90 Å². The molecule has 3 amide bonds. The average Bonchev–Trinajstić information content (AvgIpc) is 3.23. The third kappa shape index (κ3) is 5.43. The largest absolute Gasteiger partial charge is 0.379 e. The lowest BCUT2D eigenvalue weighted by molar-refractivity contribution is -0.134. The lowest BCUT2D eigenvalue weighted by atomic mass is 9.90. The van der Waals surface area contributed by atoms with E-state index in [0.717, 1.165) is 18.1 Å². The molecule has 3 aliphatic rings. The SMILES string of the molecule is O=C(CN1CCOCC1)N1CCN(C(=O)Nc2nnc(C3CCCCC3)s2)CC1. The summed E-state index contributed by atoms with van der Waals surface area (Å²) in [5.74, 6) is 0.626. The van der Waals surface area contributed by atoms with Gasteiger partial charge in [0.15, 0.2) is 0 Å². The normalized spacial score (nSPS) is 21.9. The van der Waals surface area contributed by atoms with Crippen LogP contribution in [0, 0.1) is 0 Å². The minimum Gasteiger partial charge on any atom is -0.379 e. The number of nitrogens with zero attached hydrogens (tertiary/aromatic N) is 5. The second-order valence-electron chi connectivity index (χ2n) is 7.97. The zero-order valence-corrected chi connectivity index (χ0v) is 17.7. The van der Waals surface area contributed by atoms with Gasteiger partial charge in [0.1, 0.15) is 5.01 Å². The molecule has 10 heteroatoms. The standard InChI is InChI=1S/C19H30N6O3S/c26-16(14-23-10-12-28-13-11-23)24-6-8-25(9-7-24)19(27)20-18-22-21-17(29-18)15-4-2-1-3-5-15/h15H,1-14H2,(H,20,22,27). The molecule has 1 aromatic heterocycles. The Hall–Kier alpha value is -1.78. The van der Waals surface area contributed by atoms with Gasteiger partial charge in [0.2, 0.25) is 11.0 Å². The molecule has 1 N–H and O–H groups in total. The molecule has 4 rings (SSSR count). The maximum absolute atomic E-state index is 12.6. The lowest BCUT2D eigenvalue weighted by Crippen LogP contribution is -2.54. The molecular weight excluding hydrogens is 392 g/mol. The van der Waals surface area contributed by atoms with Gasteiger partial charge in [-0.2, -0.15) is 0 Å². The molecule has 1 saturated carbocycles. The Bertz CT molecular complexity index is 694. The number of carbonyl (C=O) groups is 2. The molecule has 0 unspecified atom stereocenters. The first-order chi connectivity index (χ1) is 14.2. The summed E-state index contributed by atoms with van der Waals surface area (Å²) in [6, 6.07) is -0.156. The molecule has 2 aliphatic heterocycles. The van der Waals surface area contributed by atoms with E-state index in [2.05, 4.69) is 20.4 Å². The van der Waals surface area contributed by atoms with Crippen LogP contribution in [0.1, 0.15) is 43.0 Å². The number of urea groups is 1. The first kappa shape index (κ1) is 20.5. The van der Waals surface area contributed by atoms with Crippen molar-refractivity contribution in [1.29, 1.82) is 0 Å². The number of amides is 3. The van der Waals surface area contributed by atoms with Crippen LogP contribution in [0.2, 0.25) is 0 Å². The Morgan fingerprint density at radius 1 is 0.966 bits per heavy atom. The number of ether oxygens (including phenoxy) is 1. The highest BCUT2D eigenvalue weighted by atomic mass is 32.1. The Morgan fingerprint density at radius 2 is 1.66 bits per heavy atom. The van der Waals surface area contributed by atoms with Crippen LogP contribution < -0.4 is 5.32 Å². The third-order valence-corrected chi connectivity index (χ3v) is 6.99. The zero-order chi connectivity index (χ0) is 20.1. The number of hydrogen-bond acceptors (Lipinski definition) is 7. The fraction of sp³-hybridized carbons (Fsp3) is 0.789. The molecule has 0 radical (unpaired) electrons. The van der Waals surface area contributed by atoms with Gasteiger partial charge in [0.05, 0.1) is 19.8 Å². The predicted molar refractivity (Wildman–Crippen MR) is 110 cm³/mol. The monoisotopic (exact) mass is 422 g/mol. The number of anilines is 1. The maximum Gasteiger partial charge on any atom is 0.323 e. The maximum atomic E-state index is 12.6. The number of rotatable bonds is 4. The summed E-state index contributed by atoms with van der Waals surface area (Å²) in [6.45, 7) is 5.64. The molecule has 1 aromatic rings. The molecule has 9 nitrogen and oxygen atoms in total. The van der Waals surface area contributed by atoms with Gasteiger partial charge in [-0.05, 0) is 12.8 Å². The summed E-state index contributed by atoms with van der Waals surface area (Å²) in [4.78, 5) is 30.8. The van der Waals surface area contributed by atoms with Crippen LogP contribution in [-0.4, -0.2) is 95.9 Å². The molecule has 0 spiro atoms. The topological polar surface area (TPSA) is 90.9 Å². The average molecular weight is 423 g/mol. The molecule has 3 heterocycles. The first-order valence-electron chi connectivity index (χ1n) is 10.7. The minimum atomic E-state index is -0.156. The predicted octanol–water partition coefficient (Wildman–Crippen LogP) is 1.59. The Labute approximate surface area is 175 Å². The molecule has 3 fully saturated rings. The first-order valence-corrected chi connectivity index (χ1v) is 11.5. The molecule has 1 aliphatic carbocycles. The summed E-state index contributed by atoms with van der Waals surface area (Å²) in [7, 11) is 0. The Kier molecular flexibility index (Phi) is 6.94. The van der Waals surface area contributed by atoms with Crippen molar-refractivity contribution in [2.24, 2.45) is 0 Å². The van der Waals surface area contributed by atoms with Crippen molar-refractivity contribution >= 4 is 28.4 Å². The van der Waals surface area contributed by atoms with Gasteiger partial charge in [0, 0.05) is 45.2 Å². The quantitative estimate of drug-likeness (QED) is 0.793. The van der Waals surface area contributed by atoms with E-state index >= 15 is 0 Å². The molecule has 2 saturated heterocycles. The van der Waals surface area contributed by atoms with Crippen LogP contribution in [0.4, 0.5) is 9.93 Å². The highest BCUT2D eigenvalue weighted by Crippen LogP contribution is 2.35. The number of nitrogens with one attached hydrogen (secondary N) is 1. The van der Waals surface area contributed by atoms with Crippen molar-refractivity contribution in [3.8, 4) is 0 Å². The third-order valence-electron chi connectivity index (χ3n) is 5.99. The van der Waals surface area contributed by atoms with Crippen molar-refractivity contribution in [2.75, 3.05) is 64.3 Å². The van der Waals surface area contributed by atoms with Crippen molar-refractivity contribution in [3.63, 3.8) is 0 Å². The second kappa shape index (κ2) is 9.82. The fourth-order valence-corrected chi connectivity index (χ4v) is 5.08. The number of carbonyl (C=O) groups excluding carboxylic acids is 2. The van der Waals surface area contributed by atoms with Crippen LogP contribution >= 0.6 is 11.3 Å². The van der Waals surface area contributed by atoms with Gasteiger partial charge >= 0.3 is 6.03 Å². The van der Waals surface area contributed by atoms with Gasteiger partial charge in [-0.25, -0.2) is 4.79 Å². The van der Waals surface area contributed by atoms with Crippen molar-refractivity contribution in [1.82, 2.24) is 24.9 Å². The van der Waals surface area contributed by atoms with Crippen molar-refractivity contribution in [2.45, 2.75) is 38.0 Å². The number of morpholine rings is 1. The smallest absolute Gasteiger partial charge is 0.323 e. The van der Waals surface area contributed by atoms with Crippen LogP contribution in [-0.2, 0) is 9.53 Å². The highest BCUT2D eigenvalue weighted by Gasteiger charge is 2.27. The summed E-state index contributed by atoms with van der Waals surface area (Å²) in [5.41, 5.74) is 0. The van der Waals surface area contributed by atoms with E-state index in [9.17, 15) is 9.59 Å². The molecular formula is C19H30N6O3S. The van der Waals surface area contributed by atoms with Gasteiger partial charge in [-0.15, -0.1) is 10.2 Å². The minimum absolute atomic E-state index is 0.133. The zero-order valence-electron chi connectivity index (χ0n) is 16.8. The Balaban J connectivity index is 1.21. The number of aromatic nitrogens is 2. The van der Waals surface area contributed by atoms with Crippen LogP contribution in [0.25, 0.3) is 0 Å². The Morgan fingerprint density at radius 3 is 2.38 bits per heavy atom. The molecule has 29 heavy (non-hydrogen) atoms. The highest BCUT2D eigenvalue weighted by molar-refractivity contribution is 7.15. The van der Waals surface area contributed by atoms with E-state index in [1.165, 1.54) is 43.4 Å². The number of piperazine rings is 1. The van der Waals surface area contributed by atoms with Crippen LogP contribution in [0.5, 0.6) is 0 Å². The molecule has 0 aromatic carbocycles. The summed E-state index contributed by atoms with van der Waals surface area (Å²) >= 11 is 1.50. The lowest BCUT2D eigenvalue weighted by Gasteiger charge is -2.36. The molecule has 0 atom stereocenters. The van der Waals surface area contributed by atoms with Crippen molar-refractivity contribution in [3.05, 3.63) is 5.01 Å². The van der Waals surface area contributed by atoms with Crippen molar-refractivity contribution < 1.29 is 14.3 Å². The van der Waals surface area contributed by atoms with Gasteiger partial charge in [0.25, 0.3) is 0 Å². The summed E-state index contributed by atoms with van der Waals surface area (Å²) in [5, 5.41) is 13.0. The summed E-state index contributed by atoms with van der Waals surface area (Å²) < 4.78 is 5.33. The molecule has 0 bridgehead atoms. The van der Waals surface area contributed by atoms with E-state index in [4.69, 9.17) is 4.74 Å². The van der Waals surface area contributed by atoms with Gasteiger partial charge < -0.3 is 14.5 Å². The molecule has 160 valence electrons. The van der Waals surface area contributed by atoms with E-state index in [1.807, 2.05) is 4.90 Å². The fourth-order valence-electron chi connectivity index (χ4n) is 4.18. The van der Waals surface area contributed by atoms with E-state index < -0.39 is 0 Å². The summed E-state index contributed by atoms with van der Waals surface area (Å²) in [6.07, 6.45) is 6.15. The van der Waals surface area contributed by atoms with Gasteiger partial charge in [-0.1, -0.05) is 30.6 Å². The second-order valence-corrected chi connectivity index (χ2v) is 8.98.